The van der Waals surface area contributed by atoms with E-state index in [2.05, 4.69) is 48.3 Å². The Morgan fingerprint density at radius 3 is 2.67 bits per heavy atom. The molecular weight excluding hydrogens is 224 g/mol. The van der Waals surface area contributed by atoms with Gasteiger partial charge in [0.1, 0.15) is 0 Å². The summed E-state index contributed by atoms with van der Waals surface area (Å²) in [5.74, 6) is 0. The van der Waals surface area contributed by atoms with Gasteiger partial charge in [0.2, 0.25) is 0 Å². The Morgan fingerprint density at radius 1 is 1.33 bits per heavy atom. The first-order valence-electron chi connectivity index (χ1n) is 6.91. The minimum Gasteiger partial charge on any atom is -0.395 e. The van der Waals surface area contributed by atoms with Crippen LogP contribution in [0.4, 0.5) is 5.69 Å². The van der Waals surface area contributed by atoms with Crippen LogP contribution < -0.4 is 10.2 Å². The van der Waals surface area contributed by atoms with Crippen LogP contribution in [0.25, 0.3) is 0 Å². The standard InChI is InChI=1S/C15H24N2O/c1-12(2)16-11-13-5-3-4-6-15(13)17(9-10-18)14-7-8-14/h3-6,12,14,16,18H,7-11H2,1-2H3. The molecular formula is C15H24N2O. The van der Waals surface area contributed by atoms with Crippen molar-refractivity contribution in [3.63, 3.8) is 0 Å². The van der Waals surface area contributed by atoms with Gasteiger partial charge < -0.3 is 15.3 Å². The van der Waals surface area contributed by atoms with Crippen LogP contribution >= 0.6 is 0 Å². The molecule has 2 N–H and O–H groups in total. The molecule has 0 heterocycles. The third-order valence-corrected chi connectivity index (χ3v) is 3.33. The molecule has 0 unspecified atom stereocenters. The van der Waals surface area contributed by atoms with Crippen LogP contribution in [0.5, 0.6) is 0 Å². The Morgan fingerprint density at radius 2 is 2.06 bits per heavy atom. The zero-order valence-electron chi connectivity index (χ0n) is 11.4. The van der Waals surface area contributed by atoms with Gasteiger partial charge in [0.05, 0.1) is 6.61 Å². The Balaban J connectivity index is 2.13. The highest BCUT2D eigenvalue weighted by Crippen LogP contribution is 2.33. The summed E-state index contributed by atoms with van der Waals surface area (Å²) < 4.78 is 0. The van der Waals surface area contributed by atoms with Crippen LogP contribution in [-0.4, -0.2) is 30.3 Å². The Kier molecular flexibility index (Phi) is 4.61. The zero-order valence-corrected chi connectivity index (χ0v) is 11.4. The van der Waals surface area contributed by atoms with Gasteiger partial charge >= 0.3 is 0 Å². The molecule has 1 fully saturated rings. The SMILES string of the molecule is CC(C)NCc1ccccc1N(CCO)C1CC1. The largest absolute Gasteiger partial charge is 0.395 e. The maximum atomic E-state index is 9.23. The van der Waals surface area contributed by atoms with Crippen molar-refractivity contribution in [1.82, 2.24) is 5.32 Å². The van der Waals surface area contributed by atoms with Gasteiger partial charge in [-0.2, -0.15) is 0 Å². The van der Waals surface area contributed by atoms with E-state index in [0.717, 1.165) is 13.1 Å². The molecule has 1 saturated carbocycles. The van der Waals surface area contributed by atoms with Crippen LogP contribution in [0.3, 0.4) is 0 Å². The molecule has 100 valence electrons. The van der Waals surface area contributed by atoms with E-state index in [1.807, 2.05) is 0 Å². The number of nitrogens with one attached hydrogen (secondary N) is 1. The first-order valence-corrected chi connectivity index (χ1v) is 6.91. The summed E-state index contributed by atoms with van der Waals surface area (Å²) in [6, 6.07) is 9.65. The van der Waals surface area contributed by atoms with Crippen molar-refractivity contribution in [3.05, 3.63) is 29.8 Å². The van der Waals surface area contributed by atoms with Crippen molar-refractivity contribution in [2.75, 3.05) is 18.1 Å². The molecule has 0 saturated heterocycles. The lowest BCUT2D eigenvalue weighted by atomic mass is 10.1. The third kappa shape index (κ3) is 3.47. The number of hydrogen-bond acceptors (Lipinski definition) is 3. The third-order valence-electron chi connectivity index (χ3n) is 3.33. The summed E-state index contributed by atoms with van der Waals surface area (Å²) >= 11 is 0. The normalized spacial score (nSPS) is 15.1. The summed E-state index contributed by atoms with van der Waals surface area (Å²) in [7, 11) is 0. The number of benzene rings is 1. The monoisotopic (exact) mass is 248 g/mol. The van der Waals surface area contributed by atoms with Gasteiger partial charge in [0.25, 0.3) is 0 Å². The predicted molar refractivity (Wildman–Crippen MR) is 75.9 cm³/mol. The summed E-state index contributed by atoms with van der Waals surface area (Å²) in [5.41, 5.74) is 2.61. The van der Waals surface area contributed by atoms with Gasteiger partial charge in [-0.1, -0.05) is 32.0 Å². The molecule has 0 amide bonds. The smallest absolute Gasteiger partial charge is 0.0606 e. The molecule has 0 aliphatic heterocycles. The molecule has 18 heavy (non-hydrogen) atoms. The van der Waals surface area contributed by atoms with Gasteiger partial charge in [-0.3, -0.25) is 0 Å². The minimum absolute atomic E-state index is 0.225. The van der Waals surface area contributed by atoms with Gasteiger partial charge in [-0.15, -0.1) is 0 Å². The van der Waals surface area contributed by atoms with Crippen molar-refractivity contribution >= 4 is 5.69 Å². The molecule has 1 aromatic rings. The lowest BCUT2D eigenvalue weighted by Gasteiger charge is -2.26. The van der Waals surface area contributed by atoms with Crippen LogP contribution in [0.15, 0.2) is 24.3 Å². The summed E-state index contributed by atoms with van der Waals surface area (Å²) in [6.07, 6.45) is 2.51. The van der Waals surface area contributed by atoms with Crippen LogP contribution in [0.2, 0.25) is 0 Å². The fourth-order valence-electron chi connectivity index (χ4n) is 2.25. The topological polar surface area (TPSA) is 35.5 Å². The Labute approximate surface area is 110 Å². The highest BCUT2D eigenvalue weighted by Gasteiger charge is 2.29. The van der Waals surface area contributed by atoms with Crippen molar-refractivity contribution in [3.8, 4) is 0 Å². The number of aliphatic hydroxyl groups is 1. The fraction of sp³-hybridized carbons (Fsp3) is 0.600. The molecule has 0 bridgehead atoms. The summed E-state index contributed by atoms with van der Waals surface area (Å²) in [4.78, 5) is 2.36. The highest BCUT2D eigenvalue weighted by atomic mass is 16.3. The van der Waals surface area contributed by atoms with Crippen LogP contribution in [0.1, 0.15) is 32.3 Å². The number of nitrogens with zero attached hydrogens (tertiary/aromatic N) is 1. The van der Waals surface area contributed by atoms with E-state index in [-0.39, 0.29) is 6.61 Å². The number of aliphatic hydroxyl groups excluding tert-OH is 1. The highest BCUT2D eigenvalue weighted by molar-refractivity contribution is 5.55. The molecule has 0 atom stereocenters. The average molecular weight is 248 g/mol. The average Bonchev–Trinajstić information content (AvgIpc) is 3.18. The van der Waals surface area contributed by atoms with E-state index < -0.39 is 0 Å². The maximum Gasteiger partial charge on any atom is 0.0606 e. The van der Waals surface area contributed by atoms with E-state index in [9.17, 15) is 5.11 Å². The number of hydrogen-bond donors (Lipinski definition) is 2. The van der Waals surface area contributed by atoms with Gasteiger partial charge in [0.15, 0.2) is 0 Å². The van der Waals surface area contributed by atoms with Crippen molar-refractivity contribution in [2.45, 2.75) is 45.3 Å². The molecule has 3 heteroatoms. The van der Waals surface area contributed by atoms with E-state index in [1.165, 1.54) is 24.1 Å². The first-order chi connectivity index (χ1) is 8.72. The molecule has 2 rings (SSSR count). The maximum absolute atomic E-state index is 9.23. The second-order valence-corrected chi connectivity index (χ2v) is 5.31. The van der Waals surface area contributed by atoms with E-state index in [0.29, 0.717) is 12.1 Å². The number of anilines is 1. The molecule has 0 aromatic heterocycles. The second-order valence-electron chi connectivity index (χ2n) is 5.31. The van der Waals surface area contributed by atoms with E-state index in [4.69, 9.17) is 0 Å². The first kappa shape index (κ1) is 13.4. The molecule has 1 aromatic carbocycles. The number of rotatable bonds is 7. The molecule has 3 nitrogen and oxygen atoms in total. The van der Waals surface area contributed by atoms with Crippen LogP contribution in [0, 0.1) is 0 Å². The van der Waals surface area contributed by atoms with Gasteiger partial charge in [-0.05, 0) is 24.5 Å². The zero-order chi connectivity index (χ0) is 13.0. The molecule has 0 spiro atoms. The molecule has 1 aliphatic rings. The Hall–Kier alpha value is -1.06. The fourth-order valence-corrected chi connectivity index (χ4v) is 2.25. The van der Waals surface area contributed by atoms with Crippen molar-refractivity contribution < 1.29 is 5.11 Å². The summed E-state index contributed by atoms with van der Waals surface area (Å²) in [6.45, 7) is 6.18. The van der Waals surface area contributed by atoms with Gasteiger partial charge in [0, 0.05) is 30.9 Å². The van der Waals surface area contributed by atoms with Crippen molar-refractivity contribution in [2.24, 2.45) is 0 Å². The predicted octanol–water partition coefficient (Wildman–Crippen LogP) is 2.15. The quantitative estimate of drug-likeness (QED) is 0.776. The second kappa shape index (κ2) is 6.21. The van der Waals surface area contributed by atoms with Crippen molar-refractivity contribution in [1.29, 1.82) is 0 Å². The lowest BCUT2D eigenvalue weighted by molar-refractivity contribution is 0.301. The van der Waals surface area contributed by atoms with E-state index >= 15 is 0 Å². The molecule has 0 radical (unpaired) electrons. The van der Waals surface area contributed by atoms with Crippen LogP contribution in [-0.2, 0) is 6.54 Å². The minimum atomic E-state index is 0.225. The summed E-state index contributed by atoms with van der Waals surface area (Å²) in [5, 5.41) is 12.7. The van der Waals surface area contributed by atoms with E-state index in [1.54, 1.807) is 0 Å². The number of para-hydroxylation sites is 1. The van der Waals surface area contributed by atoms with Gasteiger partial charge in [-0.25, -0.2) is 0 Å². The lowest BCUT2D eigenvalue weighted by Crippen LogP contribution is -2.31. The Bertz CT molecular complexity index is 375. The molecule has 1 aliphatic carbocycles.